The molecule has 3 aliphatic heterocycles. The first-order valence-corrected chi connectivity index (χ1v) is 6.42. The molecular weight excluding hydrogens is 220 g/mol. The maximum atomic E-state index is 11.5. The van der Waals surface area contributed by atoms with Crippen LogP contribution < -0.4 is 10.6 Å². The van der Waals surface area contributed by atoms with Crippen molar-refractivity contribution in [1.82, 2.24) is 20.4 Å². The van der Waals surface area contributed by atoms with E-state index in [1.165, 1.54) is 0 Å². The zero-order valence-corrected chi connectivity index (χ0v) is 10.0. The van der Waals surface area contributed by atoms with Gasteiger partial charge in [0.2, 0.25) is 0 Å². The van der Waals surface area contributed by atoms with Crippen LogP contribution in [0.2, 0.25) is 0 Å². The minimum Gasteiger partial charge on any atom is -0.374 e. The first-order valence-electron chi connectivity index (χ1n) is 6.42. The summed E-state index contributed by atoms with van der Waals surface area (Å²) in [4.78, 5) is 15.8. The van der Waals surface area contributed by atoms with Crippen molar-refractivity contribution in [3.8, 4) is 0 Å². The topological polar surface area (TPSA) is 56.8 Å². The van der Waals surface area contributed by atoms with Gasteiger partial charge in [-0.2, -0.15) is 0 Å². The van der Waals surface area contributed by atoms with Crippen molar-refractivity contribution >= 4 is 6.03 Å². The highest BCUT2D eigenvalue weighted by molar-refractivity contribution is 5.77. The van der Waals surface area contributed by atoms with Gasteiger partial charge in [-0.15, -0.1) is 0 Å². The van der Waals surface area contributed by atoms with Crippen molar-refractivity contribution < 1.29 is 9.53 Å². The molecule has 2 amide bonds. The zero-order valence-electron chi connectivity index (χ0n) is 10.0. The zero-order chi connectivity index (χ0) is 11.7. The Kier molecular flexibility index (Phi) is 3.17. The summed E-state index contributed by atoms with van der Waals surface area (Å²) >= 11 is 0. The minimum atomic E-state index is 0.102. The second-order valence-corrected chi connectivity index (χ2v) is 4.99. The number of carbonyl (C=O) groups is 1. The summed E-state index contributed by atoms with van der Waals surface area (Å²) in [7, 11) is 0. The Balaban J connectivity index is 1.51. The quantitative estimate of drug-likeness (QED) is 0.629. The summed E-state index contributed by atoms with van der Waals surface area (Å²) < 4.78 is 5.71. The van der Waals surface area contributed by atoms with Gasteiger partial charge >= 0.3 is 6.03 Å². The molecule has 0 aromatic heterocycles. The average molecular weight is 240 g/mol. The van der Waals surface area contributed by atoms with Gasteiger partial charge in [0.25, 0.3) is 0 Å². The van der Waals surface area contributed by atoms with Crippen LogP contribution in [0.3, 0.4) is 0 Å². The lowest BCUT2D eigenvalue weighted by Crippen LogP contribution is -2.55. The fourth-order valence-electron chi connectivity index (χ4n) is 2.86. The van der Waals surface area contributed by atoms with Crippen LogP contribution in [-0.2, 0) is 4.74 Å². The molecule has 0 bridgehead atoms. The number of carbonyl (C=O) groups excluding carboxylic acids is 1. The molecule has 6 nitrogen and oxygen atoms in total. The maximum absolute atomic E-state index is 11.5. The van der Waals surface area contributed by atoms with Crippen LogP contribution in [0.1, 0.15) is 0 Å². The Labute approximate surface area is 101 Å². The number of ether oxygens (including phenoxy) is 1. The highest BCUT2D eigenvalue weighted by atomic mass is 16.5. The van der Waals surface area contributed by atoms with Gasteiger partial charge in [-0.25, -0.2) is 4.79 Å². The van der Waals surface area contributed by atoms with Crippen molar-refractivity contribution in [2.75, 3.05) is 52.4 Å². The SMILES string of the molecule is O=C1NCC2CN(CC3CNCCO3)CCN12. The summed E-state index contributed by atoms with van der Waals surface area (Å²) in [5.41, 5.74) is 0. The van der Waals surface area contributed by atoms with E-state index in [1.807, 2.05) is 4.90 Å². The minimum absolute atomic E-state index is 0.102. The molecule has 0 aromatic rings. The second-order valence-electron chi connectivity index (χ2n) is 4.99. The molecule has 0 aromatic carbocycles. The molecule has 3 heterocycles. The van der Waals surface area contributed by atoms with Gasteiger partial charge in [-0.3, -0.25) is 4.90 Å². The van der Waals surface area contributed by atoms with Crippen LogP contribution in [0, 0.1) is 0 Å². The molecule has 0 aliphatic carbocycles. The summed E-state index contributed by atoms with van der Waals surface area (Å²) in [6, 6.07) is 0.457. The van der Waals surface area contributed by atoms with Crippen LogP contribution in [0.15, 0.2) is 0 Å². The summed E-state index contributed by atoms with van der Waals surface area (Å²) in [5, 5.41) is 6.25. The van der Waals surface area contributed by atoms with Gasteiger partial charge in [0.15, 0.2) is 0 Å². The molecule has 0 saturated carbocycles. The van der Waals surface area contributed by atoms with Crippen molar-refractivity contribution in [2.24, 2.45) is 0 Å². The Morgan fingerprint density at radius 1 is 1.35 bits per heavy atom. The van der Waals surface area contributed by atoms with E-state index >= 15 is 0 Å². The molecule has 2 unspecified atom stereocenters. The lowest BCUT2D eigenvalue weighted by atomic mass is 10.1. The summed E-state index contributed by atoms with van der Waals surface area (Å²) in [6.45, 7) is 7.27. The van der Waals surface area contributed by atoms with E-state index in [1.54, 1.807) is 0 Å². The number of nitrogens with zero attached hydrogens (tertiary/aromatic N) is 2. The second kappa shape index (κ2) is 4.80. The molecule has 17 heavy (non-hydrogen) atoms. The number of hydrogen-bond acceptors (Lipinski definition) is 4. The molecule has 2 N–H and O–H groups in total. The normalized spacial score (nSPS) is 34.6. The van der Waals surface area contributed by atoms with Gasteiger partial charge in [-0.05, 0) is 0 Å². The fourth-order valence-corrected chi connectivity index (χ4v) is 2.86. The summed E-state index contributed by atoms with van der Waals surface area (Å²) in [5.74, 6) is 0. The molecule has 0 radical (unpaired) electrons. The Morgan fingerprint density at radius 3 is 3.12 bits per heavy atom. The molecule has 3 aliphatic rings. The van der Waals surface area contributed by atoms with Crippen LogP contribution in [0.5, 0.6) is 0 Å². The van der Waals surface area contributed by atoms with E-state index in [0.29, 0.717) is 12.1 Å². The number of piperazine rings is 1. The lowest BCUT2D eigenvalue weighted by molar-refractivity contribution is -0.00534. The number of amides is 2. The third-order valence-electron chi connectivity index (χ3n) is 3.78. The third kappa shape index (κ3) is 2.38. The van der Waals surface area contributed by atoms with E-state index in [0.717, 1.165) is 52.4 Å². The molecule has 96 valence electrons. The van der Waals surface area contributed by atoms with Crippen molar-refractivity contribution in [2.45, 2.75) is 12.1 Å². The van der Waals surface area contributed by atoms with Gasteiger partial charge in [0, 0.05) is 45.8 Å². The maximum Gasteiger partial charge on any atom is 0.317 e. The molecule has 6 heteroatoms. The van der Waals surface area contributed by atoms with Crippen LogP contribution in [0.4, 0.5) is 4.79 Å². The number of morpholine rings is 1. The standard InChI is InChI=1S/C11H20N4O2/c16-11-13-5-9-7-14(2-3-15(9)11)8-10-6-12-1-4-17-10/h9-10,12H,1-8H2,(H,13,16). The first kappa shape index (κ1) is 11.3. The van der Waals surface area contributed by atoms with E-state index in [-0.39, 0.29) is 6.03 Å². The average Bonchev–Trinajstić information content (AvgIpc) is 2.72. The lowest BCUT2D eigenvalue weighted by Gasteiger charge is -2.38. The Bertz CT molecular complexity index is 293. The first-order chi connectivity index (χ1) is 8.33. The van der Waals surface area contributed by atoms with Crippen molar-refractivity contribution in [3.05, 3.63) is 0 Å². The van der Waals surface area contributed by atoms with Crippen molar-refractivity contribution in [1.29, 1.82) is 0 Å². The van der Waals surface area contributed by atoms with Crippen LogP contribution in [-0.4, -0.2) is 80.4 Å². The van der Waals surface area contributed by atoms with E-state index in [2.05, 4.69) is 15.5 Å². The van der Waals surface area contributed by atoms with E-state index in [4.69, 9.17) is 4.74 Å². The van der Waals surface area contributed by atoms with E-state index < -0.39 is 0 Å². The summed E-state index contributed by atoms with van der Waals surface area (Å²) in [6.07, 6.45) is 0.306. The molecule has 3 rings (SSSR count). The number of hydrogen-bond donors (Lipinski definition) is 2. The number of nitrogens with one attached hydrogen (secondary N) is 2. The fraction of sp³-hybridized carbons (Fsp3) is 0.909. The number of rotatable bonds is 2. The number of urea groups is 1. The highest BCUT2D eigenvalue weighted by Gasteiger charge is 2.35. The predicted octanol–water partition coefficient (Wildman–Crippen LogP) is -1.32. The molecule has 3 fully saturated rings. The Hall–Kier alpha value is -0.850. The van der Waals surface area contributed by atoms with Gasteiger partial charge in [-0.1, -0.05) is 0 Å². The van der Waals surface area contributed by atoms with Gasteiger partial charge in [0.05, 0.1) is 18.8 Å². The molecule has 2 atom stereocenters. The van der Waals surface area contributed by atoms with Crippen molar-refractivity contribution in [3.63, 3.8) is 0 Å². The Morgan fingerprint density at radius 2 is 2.29 bits per heavy atom. The molecule has 3 saturated heterocycles. The number of fused-ring (bicyclic) bond motifs is 1. The highest BCUT2D eigenvalue weighted by Crippen LogP contribution is 2.14. The van der Waals surface area contributed by atoms with Gasteiger partial charge < -0.3 is 20.3 Å². The predicted molar refractivity (Wildman–Crippen MR) is 62.9 cm³/mol. The van der Waals surface area contributed by atoms with Crippen LogP contribution in [0.25, 0.3) is 0 Å². The van der Waals surface area contributed by atoms with Gasteiger partial charge in [0.1, 0.15) is 0 Å². The largest absolute Gasteiger partial charge is 0.374 e. The molecule has 0 spiro atoms. The van der Waals surface area contributed by atoms with E-state index in [9.17, 15) is 4.79 Å². The monoisotopic (exact) mass is 240 g/mol. The smallest absolute Gasteiger partial charge is 0.317 e. The third-order valence-corrected chi connectivity index (χ3v) is 3.78. The van der Waals surface area contributed by atoms with Crippen LogP contribution >= 0.6 is 0 Å². The molecular formula is C11H20N4O2.